The molecule has 1 aliphatic rings. The lowest BCUT2D eigenvalue weighted by atomic mass is 10.0. The van der Waals surface area contributed by atoms with Gasteiger partial charge in [0.25, 0.3) is 0 Å². The van der Waals surface area contributed by atoms with E-state index in [1.54, 1.807) is 0 Å². The molecule has 0 saturated carbocycles. The Morgan fingerprint density at radius 1 is 0.294 bits per heavy atom. The Balaban J connectivity index is 2.46. The first-order valence-electron chi connectivity index (χ1n) is 32.7. The molecular formula is C64H132N4. The maximum atomic E-state index is 4.15. The number of hydrogen-bond donors (Lipinski definition) is 1. The number of hydrogen-bond acceptors (Lipinski definition) is 4. The highest BCUT2D eigenvalue weighted by atomic mass is 15.4. The SMILES string of the molecule is CCCCCCCCCCCCCCCCCCCCCCNC1CN(CCN(CCCCCCCCCCCC)CCCCCCCCCCCC)CCN1CCCCCCCCCCCC. The molecule has 1 heterocycles. The van der Waals surface area contributed by atoms with Crippen LogP contribution in [0.25, 0.3) is 0 Å². The van der Waals surface area contributed by atoms with Gasteiger partial charge in [-0.05, 0) is 51.9 Å². The third-order valence-corrected chi connectivity index (χ3v) is 16.2. The summed E-state index contributed by atoms with van der Waals surface area (Å²) in [4.78, 5) is 8.62. The molecule has 1 fully saturated rings. The Labute approximate surface area is 432 Å². The molecule has 0 radical (unpaired) electrons. The summed E-state index contributed by atoms with van der Waals surface area (Å²) in [7, 11) is 0. The van der Waals surface area contributed by atoms with Gasteiger partial charge in [0.05, 0.1) is 6.17 Å². The van der Waals surface area contributed by atoms with E-state index in [0.29, 0.717) is 6.17 Å². The molecule has 0 aromatic carbocycles. The van der Waals surface area contributed by atoms with Gasteiger partial charge in [0.2, 0.25) is 0 Å². The van der Waals surface area contributed by atoms with Gasteiger partial charge in [-0.15, -0.1) is 0 Å². The maximum Gasteiger partial charge on any atom is 0.0728 e. The Bertz CT molecular complexity index is 886. The quantitative estimate of drug-likeness (QED) is 0.0613. The second kappa shape index (κ2) is 56.1. The number of piperazine rings is 1. The van der Waals surface area contributed by atoms with E-state index in [-0.39, 0.29) is 0 Å². The summed E-state index contributed by atoms with van der Waals surface area (Å²) in [6.45, 7) is 20.8. The van der Waals surface area contributed by atoms with Gasteiger partial charge in [0, 0.05) is 32.7 Å². The predicted molar refractivity (Wildman–Crippen MR) is 310 cm³/mol. The highest BCUT2D eigenvalue weighted by Crippen LogP contribution is 2.18. The molecule has 0 aliphatic carbocycles. The van der Waals surface area contributed by atoms with Crippen molar-refractivity contribution in [2.75, 3.05) is 58.9 Å². The van der Waals surface area contributed by atoms with Crippen LogP contribution in [0, 0.1) is 0 Å². The lowest BCUT2D eigenvalue weighted by molar-refractivity contribution is 0.0485. The molecule has 1 rings (SSSR count). The summed E-state index contributed by atoms with van der Waals surface area (Å²) >= 11 is 0. The smallest absolute Gasteiger partial charge is 0.0728 e. The second-order valence-corrected chi connectivity index (χ2v) is 22.9. The minimum Gasteiger partial charge on any atom is -0.302 e. The fourth-order valence-corrected chi connectivity index (χ4v) is 11.3. The van der Waals surface area contributed by atoms with Crippen molar-refractivity contribution in [1.82, 2.24) is 20.0 Å². The van der Waals surface area contributed by atoms with Crippen LogP contribution in [0.2, 0.25) is 0 Å². The Morgan fingerprint density at radius 2 is 0.574 bits per heavy atom. The van der Waals surface area contributed by atoms with Gasteiger partial charge in [-0.1, -0.05) is 323 Å². The van der Waals surface area contributed by atoms with E-state index in [2.05, 4.69) is 47.7 Å². The highest BCUT2D eigenvalue weighted by Gasteiger charge is 2.26. The molecule has 1 N–H and O–H groups in total. The zero-order valence-corrected chi connectivity index (χ0v) is 48.1. The van der Waals surface area contributed by atoms with Crippen molar-refractivity contribution in [2.45, 2.75) is 355 Å². The zero-order chi connectivity index (χ0) is 48.7. The van der Waals surface area contributed by atoms with Crippen LogP contribution in [0.1, 0.15) is 349 Å². The van der Waals surface area contributed by atoms with Gasteiger partial charge in [0.1, 0.15) is 0 Å². The first-order valence-corrected chi connectivity index (χ1v) is 32.7. The average Bonchev–Trinajstić information content (AvgIpc) is 3.35. The van der Waals surface area contributed by atoms with Crippen LogP contribution >= 0.6 is 0 Å². The first kappa shape index (κ1) is 65.9. The first-order chi connectivity index (χ1) is 33.7. The zero-order valence-electron chi connectivity index (χ0n) is 48.1. The van der Waals surface area contributed by atoms with Crippen LogP contribution in [0.4, 0.5) is 0 Å². The van der Waals surface area contributed by atoms with Gasteiger partial charge >= 0.3 is 0 Å². The van der Waals surface area contributed by atoms with Crippen LogP contribution in [-0.2, 0) is 0 Å². The van der Waals surface area contributed by atoms with Crippen LogP contribution in [-0.4, -0.2) is 79.8 Å². The number of nitrogens with zero attached hydrogens (tertiary/aromatic N) is 3. The fourth-order valence-electron chi connectivity index (χ4n) is 11.3. The molecule has 1 unspecified atom stereocenters. The molecule has 4 nitrogen and oxygen atoms in total. The Kier molecular flexibility index (Phi) is 54.4. The fraction of sp³-hybridized carbons (Fsp3) is 1.00. The topological polar surface area (TPSA) is 21.8 Å². The van der Waals surface area contributed by atoms with Gasteiger partial charge < -0.3 is 10.2 Å². The number of unbranched alkanes of at least 4 members (excludes halogenated alkanes) is 46. The predicted octanol–water partition coefficient (Wildman–Crippen LogP) is 20.4. The van der Waals surface area contributed by atoms with E-state index in [1.807, 2.05) is 0 Å². The maximum absolute atomic E-state index is 4.15. The lowest BCUT2D eigenvalue weighted by Crippen LogP contribution is -2.60. The molecule has 0 spiro atoms. The third kappa shape index (κ3) is 46.9. The van der Waals surface area contributed by atoms with Crippen molar-refractivity contribution in [1.29, 1.82) is 0 Å². The average molecular weight is 958 g/mol. The van der Waals surface area contributed by atoms with Gasteiger partial charge in [-0.3, -0.25) is 9.80 Å². The minimum atomic E-state index is 0.542. The monoisotopic (exact) mass is 957 g/mol. The van der Waals surface area contributed by atoms with Crippen molar-refractivity contribution >= 4 is 0 Å². The molecule has 68 heavy (non-hydrogen) atoms. The van der Waals surface area contributed by atoms with Crippen LogP contribution in [0.3, 0.4) is 0 Å². The van der Waals surface area contributed by atoms with Gasteiger partial charge in [-0.25, -0.2) is 0 Å². The van der Waals surface area contributed by atoms with E-state index < -0.39 is 0 Å². The van der Waals surface area contributed by atoms with Crippen molar-refractivity contribution in [3.63, 3.8) is 0 Å². The largest absolute Gasteiger partial charge is 0.302 e. The summed E-state index contributed by atoms with van der Waals surface area (Å²) in [6, 6.07) is 0. The van der Waals surface area contributed by atoms with E-state index >= 15 is 0 Å². The molecule has 0 bridgehead atoms. The molecule has 1 saturated heterocycles. The molecule has 0 aromatic heterocycles. The summed E-state index contributed by atoms with van der Waals surface area (Å²) < 4.78 is 0. The van der Waals surface area contributed by atoms with Crippen LogP contribution in [0.15, 0.2) is 0 Å². The number of rotatable bonds is 58. The molecule has 0 aromatic rings. The van der Waals surface area contributed by atoms with E-state index in [0.717, 1.165) is 0 Å². The summed E-state index contributed by atoms with van der Waals surface area (Å²) in [5.74, 6) is 0. The second-order valence-electron chi connectivity index (χ2n) is 22.9. The lowest BCUT2D eigenvalue weighted by Gasteiger charge is -2.42. The standard InChI is InChI=1S/C64H132N4/c1-5-9-13-17-21-25-29-30-31-32-33-34-35-36-37-38-39-43-47-51-55-65-64-63-67(61-62-68(64)58-54-50-46-42-28-24-20-16-12-8-4)60-59-66(56-52-48-44-40-26-22-18-14-10-6-2)57-53-49-45-41-27-23-19-15-11-7-3/h64-65H,5-63H2,1-4H3. The molecule has 4 heteroatoms. The van der Waals surface area contributed by atoms with Crippen molar-refractivity contribution < 1.29 is 0 Å². The van der Waals surface area contributed by atoms with E-state index in [4.69, 9.17) is 0 Å². The molecule has 408 valence electrons. The van der Waals surface area contributed by atoms with Gasteiger partial charge in [-0.2, -0.15) is 0 Å². The molecule has 1 atom stereocenters. The Morgan fingerprint density at radius 3 is 0.897 bits per heavy atom. The summed E-state index contributed by atoms with van der Waals surface area (Å²) in [6.07, 6.45) is 72.8. The normalized spacial score (nSPS) is 14.9. The van der Waals surface area contributed by atoms with Crippen molar-refractivity contribution in [2.24, 2.45) is 0 Å². The van der Waals surface area contributed by atoms with Crippen LogP contribution in [0.5, 0.6) is 0 Å². The van der Waals surface area contributed by atoms with Crippen molar-refractivity contribution in [3.8, 4) is 0 Å². The third-order valence-electron chi connectivity index (χ3n) is 16.2. The molecular weight excluding hydrogens is 825 g/mol. The van der Waals surface area contributed by atoms with Crippen molar-refractivity contribution in [3.05, 3.63) is 0 Å². The van der Waals surface area contributed by atoms with Crippen LogP contribution < -0.4 is 5.32 Å². The molecule has 0 amide bonds. The van der Waals surface area contributed by atoms with E-state index in [9.17, 15) is 0 Å². The Hall–Kier alpha value is -0.160. The van der Waals surface area contributed by atoms with E-state index in [1.165, 1.54) is 380 Å². The number of nitrogens with one attached hydrogen (secondary N) is 1. The van der Waals surface area contributed by atoms with Gasteiger partial charge in [0.15, 0.2) is 0 Å². The minimum absolute atomic E-state index is 0.542. The highest BCUT2D eigenvalue weighted by molar-refractivity contribution is 4.82. The summed E-state index contributed by atoms with van der Waals surface area (Å²) in [5.41, 5.74) is 0. The molecule has 1 aliphatic heterocycles. The summed E-state index contributed by atoms with van der Waals surface area (Å²) in [5, 5.41) is 4.15.